The third-order valence-corrected chi connectivity index (χ3v) is 4.15. The number of nitrogens with one attached hydrogen (secondary N) is 1. The summed E-state index contributed by atoms with van der Waals surface area (Å²) in [7, 11) is 0. The first-order chi connectivity index (χ1) is 11.6. The molecule has 0 aliphatic rings. The van der Waals surface area contributed by atoms with Crippen molar-refractivity contribution in [2.24, 2.45) is 0 Å². The zero-order chi connectivity index (χ0) is 17.1. The number of hydrogen-bond acceptors (Lipinski definition) is 2. The van der Waals surface area contributed by atoms with Gasteiger partial charge in [0.1, 0.15) is 0 Å². The molecule has 4 heteroatoms. The smallest absolute Gasteiger partial charge is 0.255 e. The van der Waals surface area contributed by atoms with Crippen LogP contribution in [0.1, 0.15) is 40.1 Å². The highest BCUT2D eigenvalue weighted by molar-refractivity contribution is 5.95. The van der Waals surface area contributed by atoms with Crippen LogP contribution in [0.2, 0.25) is 0 Å². The highest BCUT2D eigenvalue weighted by atomic mass is 16.1. The molecular weight excluding hydrogens is 298 g/mol. The SMILES string of the molecule is Cc1cccc(-n2ncc(C(=O)NC(C)c3ccccc3)c2C)c1. The lowest BCUT2D eigenvalue weighted by atomic mass is 10.1. The molecule has 0 radical (unpaired) electrons. The van der Waals surface area contributed by atoms with Crippen LogP contribution in [-0.4, -0.2) is 15.7 Å². The summed E-state index contributed by atoms with van der Waals surface area (Å²) in [6.45, 7) is 5.93. The van der Waals surface area contributed by atoms with Gasteiger partial charge in [-0.15, -0.1) is 0 Å². The van der Waals surface area contributed by atoms with Crippen molar-refractivity contribution in [3.8, 4) is 5.69 Å². The number of benzene rings is 2. The van der Waals surface area contributed by atoms with E-state index in [2.05, 4.69) is 10.4 Å². The summed E-state index contributed by atoms with van der Waals surface area (Å²) >= 11 is 0. The molecule has 1 N–H and O–H groups in total. The quantitative estimate of drug-likeness (QED) is 0.790. The van der Waals surface area contributed by atoms with E-state index in [9.17, 15) is 4.79 Å². The van der Waals surface area contributed by atoms with E-state index in [1.807, 2.05) is 75.4 Å². The van der Waals surface area contributed by atoms with E-state index in [-0.39, 0.29) is 11.9 Å². The number of carbonyl (C=O) groups excluding carboxylic acids is 1. The molecule has 3 aromatic rings. The lowest BCUT2D eigenvalue weighted by Gasteiger charge is -2.14. The number of aromatic nitrogens is 2. The van der Waals surface area contributed by atoms with Gasteiger partial charge in [-0.05, 0) is 44.0 Å². The van der Waals surface area contributed by atoms with Crippen molar-refractivity contribution >= 4 is 5.91 Å². The maximum Gasteiger partial charge on any atom is 0.255 e. The zero-order valence-electron chi connectivity index (χ0n) is 14.2. The molecule has 0 spiro atoms. The number of hydrogen-bond donors (Lipinski definition) is 1. The summed E-state index contributed by atoms with van der Waals surface area (Å²) in [5.41, 5.74) is 4.63. The maximum atomic E-state index is 12.6. The fourth-order valence-corrected chi connectivity index (χ4v) is 2.75. The fourth-order valence-electron chi connectivity index (χ4n) is 2.75. The van der Waals surface area contributed by atoms with Gasteiger partial charge < -0.3 is 5.32 Å². The summed E-state index contributed by atoms with van der Waals surface area (Å²) in [6.07, 6.45) is 1.63. The molecule has 0 saturated heterocycles. The van der Waals surface area contributed by atoms with Crippen LogP contribution in [0.25, 0.3) is 5.69 Å². The van der Waals surface area contributed by atoms with Crippen LogP contribution in [0.3, 0.4) is 0 Å². The summed E-state index contributed by atoms with van der Waals surface area (Å²) < 4.78 is 1.80. The summed E-state index contributed by atoms with van der Waals surface area (Å²) in [4.78, 5) is 12.6. The Hall–Kier alpha value is -2.88. The van der Waals surface area contributed by atoms with Gasteiger partial charge in [0.25, 0.3) is 5.91 Å². The molecule has 0 bridgehead atoms. The molecule has 1 amide bonds. The predicted molar refractivity (Wildman–Crippen MR) is 95.4 cm³/mol. The second-order valence-electron chi connectivity index (χ2n) is 6.00. The third kappa shape index (κ3) is 3.23. The molecule has 1 atom stereocenters. The minimum absolute atomic E-state index is 0.0552. The van der Waals surface area contributed by atoms with Gasteiger partial charge >= 0.3 is 0 Å². The third-order valence-electron chi connectivity index (χ3n) is 4.15. The number of carbonyl (C=O) groups is 1. The molecule has 122 valence electrons. The van der Waals surface area contributed by atoms with Crippen LogP contribution < -0.4 is 5.32 Å². The van der Waals surface area contributed by atoms with Crippen molar-refractivity contribution < 1.29 is 4.79 Å². The van der Waals surface area contributed by atoms with E-state index in [1.165, 1.54) is 0 Å². The Bertz CT molecular complexity index is 852. The number of amides is 1. The van der Waals surface area contributed by atoms with Crippen LogP contribution in [0.4, 0.5) is 0 Å². The Labute approximate surface area is 142 Å². The number of nitrogens with zero attached hydrogens (tertiary/aromatic N) is 2. The molecule has 2 aromatic carbocycles. The van der Waals surface area contributed by atoms with Crippen molar-refractivity contribution in [1.82, 2.24) is 15.1 Å². The number of rotatable bonds is 4. The van der Waals surface area contributed by atoms with Crippen LogP contribution in [-0.2, 0) is 0 Å². The van der Waals surface area contributed by atoms with E-state index in [4.69, 9.17) is 0 Å². The first kappa shape index (κ1) is 16.0. The standard InChI is InChI=1S/C20H21N3O/c1-14-8-7-11-18(12-14)23-16(3)19(13-21-23)20(24)22-15(2)17-9-5-4-6-10-17/h4-13,15H,1-3H3,(H,22,24). The van der Waals surface area contributed by atoms with Crippen LogP contribution >= 0.6 is 0 Å². The molecule has 3 rings (SSSR count). The van der Waals surface area contributed by atoms with Crippen LogP contribution in [0, 0.1) is 13.8 Å². The molecule has 0 fully saturated rings. The Morgan fingerprint density at radius 3 is 2.54 bits per heavy atom. The van der Waals surface area contributed by atoms with E-state index in [0.29, 0.717) is 5.56 Å². The van der Waals surface area contributed by atoms with Crippen LogP contribution in [0.5, 0.6) is 0 Å². The van der Waals surface area contributed by atoms with Gasteiger partial charge in [0, 0.05) is 0 Å². The molecule has 24 heavy (non-hydrogen) atoms. The molecule has 0 aliphatic carbocycles. The van der Waals surface area contributed by atoms with Gasteiger partial charge in [-0.1, -0.05) is 42.5 Å². The predicted octanol–water partition coefficient (Wildman–Crippen LogP) is 3.98. The largest absolute Gasteiger partial charge is 0.345 e. The van der Waals surface area contributed by atoms with Gasteiger partial charge in [0.15, 0.2) is 0 Å². The molecule has 0 aliphatic heterocycles. The highest BCUT2D eigenvalue weighted by Gasteiger charge is 2.17. The fraction of sp³-hybridized carbons (Fsp3) is 0.200. The van der Waals surface area contributed by atoms with Crippen LogP contribution in [0.15, 0.2) is 60.8 Å². The van der Waals surface area contributed by atoms with Crippen molar-refractivity contribution in [2.75, 3.05) is 0 Å². The first-order valence-electron chi connectivity index (χ1n) is 8.03. The van der Waals surface area contributed by atoms with Gasteiger partial charge in [-0.25, -0.2) is 4.68 Å². The second kappa shape index (κ2) is 6.71. The van der Waals surface area contributed by atoms with Crippen molar-refractivity contribution in [3.63, 3.8) is 0 Å². The van der Waals surface area contributed by atoms with Crippen molar-refractivity contribution in [3.05, 3.63) is 83.2 Å². The first-order valence-corrected chi connectivity index (χ1v) is 8.03. The normalized spacial score (nSPS) is 12.0. The Morgan fingerprint density at radius 1 is 1.08 bits per heavy atom. The van der Waals surface area contributed by atoms with E-state index in [0.717, 1.165) is 22.5 Å². The molecule has 4 nitrogen and oxygen atoms in total. The minimum atomic E-state index is -0.109. The second-order valence-corrected chi connectivity index (χ2v) is 6.00. The zero-order valence-corrected chi connectivity index (χ0v) is 14.2. The minimum Gasteiger partial charge on any atom is -0.345 e. The highest BCUT2D eigenvalue weighted by Crippen LogP contribution is 2.17. The van der Waals surface area contributed by atoms with E-state index in [1.54, 1.807) is 10.9 Å². The van der Waals surface area contributed by atoms with Gasteiger partial charge in [0.05, 0.1) is 29.2 Å². The molecule has 1 aromatic heterocycles. The molecular formula is C20H21N3O. The number of aryl methyl sites for hydroxylation is 1. The lowest BCUT2D eigenvalue weighted by Crippen LogP contribution is -2.27. The maximum absolute atomic E-state index is 12.6. The summed E-state index contributed by atoms with van der Waals surface area (Å²) in [5.74, 6) is -0.109. The Balaban J connectivity index is 1.82. The van der Waals surface area contributed by atoms with E-state index < -0.39 is 0 Å². The Kier molecular flexibility index (Phi) is 4.47. The van der Waals surface area contributed by atoms with Gasteiger partial charge in [0.2, 0.25) is 0 Å². The summed E-state index contributed by atoms with van der Waals surface area (Å²) in [5, 5.41) is 7.42. The van der Waals surface area contributed by atoms with E-state index >= 15 is 0 Å². The monoisotopic (exact) mass is 319 g/mol. The van der Waals surface area contributed by atoms with Gasteiger partial charge in [-0.2, -0.15) is 5.10 Å². The van der Waals surface area contributed by atoms with Crippen molar-refractivity contribution in [2.45, 2.75) is 26.8 Å². The molecule has 1 unspecified atom stereocenters. The molecule has 1 heterocycles. The topological polar surface area (TPSA) is 46.9 Å². The molecule has 0 saturated carbocycles. The average molecular weight is 319 g/mol. The summed E-state index contributed by atoms with van der Waals surface area (Å²) in [6, 6.07) is 17.9. The van der Waals surface area contributed by atoms with Crippen molar-refractivity contribution in [1.29, 1.82) is 0 Å². The average Bonchev–Trinajstić information content (AvgIpc) is 2.97. The Morgan fingerprint density at radius 2 is 1.83 bits per heavy atom. The lowest BCUT2D eigenvalue weighted by molar-refractivity contribution is 0.0939. The van der Waals surface area contributed by atoms with Gasteiger partial charge in [-0.3, -0.25) is 4.79 Å².